The predicted molar refractivity (Wildman–Crippen MR) is 188 cm³/mol. The van der Waals surface area contributed by atoms with Crippen molar-refractivity contribution in [2.75, 3.05) is 25.6 Å². The Hall–Kier alpha value is -4.47. The number of anilines is 1. The van der Waals surface area contributed by atoms with Gasteiger partial charge in [-0.05, 0) is 90.0 Å². The van der Waals surface area contributed by atoms with Crippen molar-refractivity contribution in [2.24, 2.45) is 11.7 Å². The van der Waals surface area contributed by atoms with Crippen LogP contribution in [0.2, 0.25) is 0 Å². The molecule has 5 rings (SSSR count). The molecule has 0 heterocycles. The summed E-state index contributed by atoms with van der Waals surface area (Å²) in [5.74, 6) is 1.44. The van der Waals surface area contributed by atoms with Gasteiger partial charge in [-0.2, -0.15) is 13.2 Å². The molecule has 0 amide bonds. The summed E-state index contributed by atoms with van der Waals surface area (Å²) in [5.41, 5.74) is 8.52. The summed E-state index contributed by atoms with van der Waals surface area (Å²) < 4.78 is 56.9. The van der Waals surface area contributed by atoms with Crippen molar-refractivity contribution >= 4 is 22.7 Å². The molecular weight excluding hydrogens is 618 g/mol. The van der Waals surface area contributed by atoms with Crippen LogP contribution >= 0.6 is 0 Å². The number of hydrogen-bond acceptors (Lipinski definition) is 5. The number of nitrogens with two attached hydrogens (primary N) is 1. The van der Waals surface area contributed by atoms with E-state index in [9.17, 15) is 22.4 Å². The van der Waals surface area contributed by atoms with Crippen molar-refractivity contribution in [2.45, 2.75) is 52.4 Å². The average Bonchev–Trinajstić information content (AvgIpc) is 3.93. The zero-order valence-corrected chi connectivity index (χ0v) is 28.2. The number of carbonyl (C=O) groups excluding carboxylic acids is 1. The molecule has 4 aromatic carbocycles. The van der Waals surface area contributed by atoms with Crippen LogP contribution in [0.5, 0.6) is 5.75 Å². The molecule has 0 saturated heterocycles. The number of nitrogens with one attached hydrogen (secondary N) is 1. The lowest BCUT2D eigenvalue weighted by molar-refractivity contribution is -0.105. The molecule has 0 spiro atoms. The van der Waals surface area contributed by atoms with Gasteiger partial charge in [-0.25, -0.2) is 4.39 Å². The van der Waals surface area contributed by atoms with Crippen molar-refractivity contribution in [1.29, 1.82) is 0 Å². The van der Waals surface area contributed by atoms with Crippen molar-refractivity contribution in [3.63, 3.8) is 0 Å². The van der Waals surface area contributed by atoms with Crippen LogP contribution in [0, 0.1) is 18.7 Å². The van der Waals surface area contributed by atoms with E-state index in [0.29, 0.717) is 30.2 Å². The SMILES string of the molecule is C=C(/C=C(/C=O)N(C)c1cccc(CN)c1)C(F)(F)F.CC.COc1ccc2ccccc2c1C(NCC1CC1)c1ccc(F)c(C)c1. The molecule has 1 aliphatic carbocycles. The summed E-state index contributed by atoms with van der Waals surface area (Å²) in [6.07, 6.45) is -0.925. The Labute approximate surface area is 281 Å². The molecule has 0 aliphatic heterocycles. The van der Waals surface area contributed by atoms with Crippen LogP contribution in [0.15, 0.2) is 103 Å². The van der Waals surface area contributed by atoms with Crippen LogP contribution in [-0.4, -0.2) is 33.2 Å². The maximum atomic E-state index is 13.8. The number of methoxy groups -OCH3 is 1. The van der Waals surface area contributed by atoms with Gasteiger partial charge in [0, 0.05) is 24.8 Å². The number of allylic oxidation sites excluding steroid dienone is 3. The van der Waals surface area contributed by atoms with Crippen molar-refractivity contribution in [3.05, 3.63) is 131 Å². The quantitative estimate of drug-likeness (QED) is 0.0725. The van der Waals surface area contributed by atoms with Crippen LogP contribution in [0.4, 0.5) is 23.2 Å². The van der Waals surface area contributed by atoms with Crippen LogP contribution < -0.4 is 20.7 Å². The Balaban J connectivity index is 0.000000257. The summed E-state index contributed by atoms with van der Waals surface area (Å²) in [7, 11) is 3.21. The number of nitrogens with zero attached hydrogens (tertiary/aromatic N) is 1. The van der Waals surface area contributed by atoms with Crippen LogP contribution in [0.3, 0.4) is 0 Å². The molecule has 4 aromatic rings. The second kappa shape index (κ2) is 17.6. The molecule has 256 valence electrons. The van der Waals surface area contributed by atoms with E-state index in [-0.39, 0.29) is 17.6 Å². The van der Waals surface area contributed by atoms with Gasteiger partial charge in [-0.1, -0.05) is 75.0 Å². The number of likely N-dealkylation sites (N-methyl/N-ethyl adjacent to an activating group) is 1. The molecule has 48 heavy (non-hydrogen) atoms. The highest BCUT2D eigenvalue weighted by Gasteiger charge is 2.31. The summed E-state index contributed by atoms with van der Waals surface area (Å²) in [4.78, 5) is 12.3. The smallest absolute Gasteiger partial charge is 0.415 e. The van der Waals surface area contributed by atoms with Gasteiger partial charge >= 0.3 is 6.18 Å². The summed E-state index contributed by atoms with van der Waals surface area (Å²) in [5, 5.41) is 6.07. The number of alkyl halides is 3. The van der Waals surface area contributed by atoms with Gasteiger partial charge in [-0.15, -0.1) is 0 Å². The van der Waals surface area contributed by atoms with E-state index in [1.54, 1.807) is 37.4 Å². The maximum absolute atomic E-state index is 13.8. The normalized spacial score (nSPS) is 13.4. The predicted octanol–water partition coefficient (Wildman–Crippen LogP) is 9.19. The number of fused-ring (bicyclic) bond motifs is 1. The lowest BCUT2D eigenvalue weighted by atomic mass is 9.91. The first kappa shape index (κ1) is 38.0. The van der Waals surface area contributed by atoms with Crippen molar-refractivity contribution in [1.82, 2.24) is 5.32 Å². The Morgan fingerprint density at radius 1 is 1.06 bits per heavy atom. The van der Waals surface area contributed by atoms with Gasteiger partial charge in [0.15, 0.2) is 6.29 Å². The molecule has 9 heteroatoms. The second-order valence-corrected chi connectivity index (χ2v) is 11.3. The van der Waals surface area contributed by atoms with Gasteiger partial charge in [-0.3, -0.25) is 4.79 Å². The van der Waals surface area contributed by atoms with Gasteiger partial charge in [0.05, 0.1) is 24.4 Å². The topological polar surface area (TPSA) is 67.6 Å². The number of benzene rings is 4. The standard InChI is InChI=1S/C23H24FNO.C14H15F3N2O.C2H6/c1-15-13-18(9-11-20(15)24)23(25-14-16-7-8-16)22-19-6-4-3-5-17(19)10-12-21(22)26-2;1-10(14(15,16)17)6-13(9-20)19(2)12-5-3-4-11(7-12)8-18;1-2/h3-6,9-13,16,23,25H,7-8,14H2,1-2H3;3-7,9H,1,8,18H2,2H3;1-2H3/b;13-6-;. The molecule has 1 atom stereocenters. The van der Waals surface area contributed by atoms with Crippen LogP contribution in [0.25, 0.3) is 10.8 Å². The van der Waals surface area contributed by atoms with E-state index >= 15 is 0 Å². The third kappa shape index (κ3) is 10.0. The highest BCUT2D eigenvalue weighted by atomic mass is 19.4. The first-order valence-corrected chi connectivity index (χ1v) is 16.0. The fraction of sp³-hybridized carbons (Fsp3) is 0.308. The highest BCUT2D eigenvalue weighted by Crippen LogP contribution is 2.38. The Morgan fingerprint density at radius 3 is 2.38 bits per heavy atom. The van der Waals surface area contributed by atoms with E-state index in [4.69, 9.17) is 10.5 Å². The Bertz CT molecular complexity index is 1710. The van der Waals surface area contributed by atoms with E-state index in [0.717, 1.165) is 34.9 Å². The second-order valence-electron chi connectivity index (χ2n) is 11.3. The monoisotopic (exact) mass is 663 g/mol. The fourth-order valence-corrected chi connectivity index (χ4v) is 5.10. The summed E-state index contributed by atoms with van der Waals surface area (Å²) in [6.45, 7) is 10.0. The summed E-state index contributed by atoms with van der Waals surface area (Å²) >= 11 is 0. The molecular formula is C39H45F4N3O2. The minimum Gasteiger partial charge on any atom is -0.496 e. The molecule has 0 radical (unpaired) electrons. The Kier molecular flexibility index (Phi) is 13.9. The first-order chi connectivity index (χ1) is 23.0. The largest absolute Gasteiger partial charge is 0.496 e. The molecule has 0 bridgehead atoms. The number of carbonyl (C=O) groups is 1. The molecule has 1 fully saturated rings. The zero-order chi connectivity index (χ0) is 35.4. The van der Waals surface area contributed by atoms with E-state index < -0.39 is 11.7 Å². The number of aldehydes is 1. The molecule has 1 aliphatic rings. The zero-order valence-electron chi connectivity index (χ0n) is 28.2. The minimum atomic E-state index is -4.56. The lowest BCUT2D eigenvalue weighted by Crippen LogP contribution is -2.25. The third-order valence-electron chi connectivity index (χ3n) is 7.99. The highest BCUT2D eigenvalue weighted by molar-refractivity contribution is 5.88. The van der Waals surface area contributed by atoms with Crippen molar-refractivity contribution in [3.8, 4) is 5.75 Å². The number of halogens is 4. The number of ether oxygens (including phenoxy) is 1. The maximum Gasteiger partial charge on any atom is 0.415 e. The number of aryl methyl sites for hydroxylation is 1. The van der Waals surface area contributed by atoms with Crippen molar-refractivity contribution < 1.29 is 27.1 Å². The summed E-state index contributed by atoms with van der Waals surface area (Å²) in [6, 6.07) is 24.7. The Morgan fingerprint density at radius 2 is 1.77 bits per heavy atom. The van der Waals surface area contributed by atoms with Gasteiger partial charge < -0.3 is 20.7 Å². The van der Waals surface area contributed by atoms with E-state index in [2.05, 4.69) is 36.2 Å². The van der Waals surface area contributed by atoms with E-state index in [1.165, 1.54) is 35.6 Å². The van der Waals surface area contributed by atoms with Gasteiger partial charge in [0.2, 0.25) is 0 Å². The van der Waals surface area contributed by atoms with Gasteiger partial charge in [0.25, 0.3) is 0 Å². The number of hydrogen-bond donors (Lipinski definition) is 2. The third-order valence-corrected chi connectivity index (χ3v) is 7.99. The van der Waals surface area contributed by atoms with E-state index in [1.807, 2.05) is 45.0 Å². The first-order valence-electron chi connectivity index (χ1n) is 16.0. The molecule has 0 aromatic heterocycles. The van der Waals surface area contributed by atoms with Crippen LogP contribution in [0.1, 0.15) is 55.0 Å². The molecule has 1 saturated carbocycles. The van der Waals surface area contributed by atoms with Crippen LogP contribution in [-0.2, 0) is 11.3 Å². The fourth-order valence-electron chi connectivity index (χ4n) is 5.10. The average molecular weight is 664 g/mol. The lowest BCUT2D eigenvalue weighted by Gasteiger charge is -2.24. The minimum absolute atomic E-state index is 0.0315. The molecule has 5 nitrogen and oxygen atoms in total. The van der Waals surface area contributed by atoms with Gasteiger partial charge in [0.1, 0.15) is 11.6 Å². The molecule has 1 unspecified atom stereocenters. The number of rotatable bonds is 11. The molecule has 3 N–H and O–H groups in total.